The molecule has 1 N–H and O–H groups in total. The van der Waals surface area contributed by atoms with E-state index in [0.717, 1.165) is 11.1 Å². The van der Waals surface area contributed by atoms with Crippen molar-refractivity contribution in [2.24, 2.45) is 0 Å². The summed E-state index contributed by atoms with van der Waals surface area (Å²) < 4.78 is 10.4. The Balaban J connectivity index is 3.25. The van der Waals surface area contributed by atoms with Gasteiger partial charge in [0, 0.05) is 5.56 Å². The van der Waals surface area contributed by atoms with Crippen molar-refractivity contribution in [1.82, 2.24) is 0 Å². The summed E-state index contributed by atoms with van der Waals surface area (Å²) in [6.45, 7) is 1.96. The zero-order chi connectivity index (χ0) is 12.1. The topological polar surface area (TPSA) is 55.8 Å². The molecule has 0 atom stereocenters. The molecule has 0 spiro atoms. The molecule has 0 bridgehead atoms. The molecule has 0 amide bonds. The van der Waals surface area contributed by atoms with Crippen molar-refractivity contribution >= 4 is 5.97 Å². The van der Waals surface area contributed by atoms with Crippen molar-refractivity contribution in [3.8, 4) is 11.5 Å². The summed E-state index contributed by atoms with van der Waals surface area (Å²) in [5.41, 5.74) is 1.66. The number of rotatable bonds is 5. The van der Waals surface area contributed by atoms with Crippen molar-refractivity contribution in [3.63, 3.8) is 0 Å². The fraction of sp³-hybridized carbons (Fsp3) is 0.417. The molecular formula is C12H16O4. The zero-order valence-electron chi connectivity index (χ0n) is 9.74. The highest BCUT2D eigenvalue weighted by Crippen LogP contribution is 2.33. The number of carboxylic acids is 1. The molecule has 0 saturated carbocycles. The van der Waals surface area contributed by atoms with E-state index >= 15 is 0 Å². The van der Waals surface area contributed by atoms with Gasteiger partial charge in [0.25, 0.3) is 0 Å². The molecule has 0 saturated heterocycles. The highest BCUT2D eigenvalue weighted by Gasteiger charge is 2.14. The van der Waals surface area contributed by atoms with E-state index < -0.39 is 5.97 Å². The van der Waals surface area contributed by atoms with Crippen molar-refractivity contribution in [1.29, 1.82) is 0 Å². The van der Waals surface area contributed by atoms with Gasteiger partial charge in [-0.1, -0.05) is 13.0 Å². The number of ether oxygens (including phenoxy) is 2. The van der Waals surface area contributed by atoms with Crippen LogP contribution < -0.4 is 9.47 Å². The van der Waals surface area contributed by atoms with Crippen molar-refractivity contribution in [2.45, 2.75) is 19.8 Å². The first-order valence-corrected chi connectivity index (χ1v) is 5.08. The van der Waals surface area contributed by atoms with Crippen LogP contribution >= 0.6 is 0 Å². The van der Waals surface area contributed by atoms with Crippen LogP contribution in [-0.2, 0) is 17.6 Å². The number of benzene rings is 1. The molecular weight excluding hydrogens is 208 g/mol. The lowest BCUT2D eigenvalue weighted by Gasteiger charge is -2.14. The number of methoxy groups -OCH3 is 2. The molecule has 4 heteroatoms. The lowest BCUT2D eigenvalue weighted by Crippen LogP contribution is -2.05. The minimum atomic E-state index is -0.845. The summed E-state index contributed by atoms with van der Waals surface area (Å²) in [5, 5.41) is 8.80. The Morgan fingerprint density at radius 3 is 2.44 bits per heavy atom. The van der Waals surface area contributed by atoms with E-state index in [1.54, 1.807) is 26.4 Å². The first kappa shape index (κ1) is 12.4. The predicted octanol–water partition coefficient (Wildman–Crippen LogP) is 1.89. The first-order valence-electron chi connectivity index (χ1n) is 5.08. The second-order valence-corrected chi connectivity index (χ2v) is 3.36. The maximum absolute atomic E-state index is 10.7. The maximum Gasteiger partial charge on any atom is 0.307 e. The quantitative estimate of drug-likeness (QED) is 0.829. The lowest BCUT2D eigenvalue weighted by atomic mass is 10.0. The number of aliphatic carboxylic acids is 1. The number of carboxylic acid groups (broad SMARTS) is 1. The van der Waals surface area contributed by atoms with Crippen LogP contribution in [0.25, 0.3) is 0 Å². The van der Waals surface area contributed by atoms with Crippen LogP contribution in [-0.4, -0.2) is 25.3 Å². The minimum absolute atomic E-state index is 0.00350. The van der Waals surface area contributed by atoms with Gasteiger partial charge >= 0.3 is 5.97 Å². The van der Waals surface area contributed by atoms with Crippen molar-refractivity contribution < 1.29 is 19.4 Å². The Kier molecular flexibility index (Phi) is 4.17. The van der Waals surface area contributed by atoms with Crippen LogP contribution in [0.3, 0.4) is 0 Å². The molecule has 0 unspecified atom stereocenters. The maximum atomic E-state index is 10.7. The predicted molar refractivity (Wildman–Crippen MR) is 60.3 cm³/mol. The molecule has 1 aromatic rings. The van der Waals surface area contributed by atoms with Crippen molar-refractivity contribution in [3.05, 3.63) is 23.3 Å². The van der Waals surface area contributed by atoms with Gasteiger partial charge in [-0.05, 0) is 18.1 Å². The molecule has 0 aromatic heterocycles. The summed E-state index contributed by atoms with van der Waals surface area (Å²) in [6.07, 6.45) is 0.715. The molecule has 0 aliphatic rings. The van der Waals surface area contributed by atoms with E-state index in [-0.39, 0.29) is 6.42 Å². The fourth-order valence-corrected chi connectivity index (χ4v) is 1.75. The Labute approximate surface area is 94.8 Å². The van der Waals surface area contributed by atoms with Gasteiger partial charge < -0.3 is 14.6 Å². The zero-order valence-corrected chi connectivity index (χ0v) is 9.74. The standard InChI is InChI=1S/C12H16O4/c1-4-9-8(7-11(13)14)5-6-10(15-2)12(9)16-3/h5-6H,4,7H2,1-3H3,(H,13,14). The molecule has 0 aliphatic carbocycles. The average molecular weight is 224 g/mol. The molecule has 1 aromatic carbocycles. The molecule has 88 valence electrons. The Bertz CT molecular complexity index is 385. The van der Waals surface area contributed by atoms with Crippen LogP contribution in [0.4, 0.5) is 0 Å². The highest BCUT2D eigenvalue weighted by atomic mass is 16.5. The smallest absolute Gasteiger partial charge is 0.307 e. The lowest BCUT2D eigenvalue weighted by molar-refractivity contribution is -0.136. The average Bonchev–Trinajstić information content (AvgIpc) is 2.27. The van der Waals surface area contributed by atoms with E-state index in [1.165, 1.54) is 0 Å². The third-order valence-electron chi connectivity index (χ3n) is 2.44. The van der Waals surface area contributed by atoms with Gasteiger partial charge in [-0.3, -0.25) is 4.79 Å². The van der Waals surface area contributed by atoms with Gasteiger partial charge in [-0.25, -0.2) is 0 Å². The minimum Gasteiger partial charge on any atom is -0.493 e. The molecule has 0 aliphatic heterocycles. The van der Waals surface area contributed by atoms with E-state index in [1.807, 2.05) is 6.92 Å². The first-order chi connectivity index (χ1) is 7.63. The normalized spacial score (nSPS) is 9.94. The van der Waals surface area contributed by atoms with E-state index in [4.69, 9.17) is 14.6 Å². The van der Waals surface area contributed by atoms with E-state index in [0.29, 0.717) is 17.9 Å². The Morgan fingerprint density at radius 1 is 1.31 bits per heavy atom. The Morgan fingerprint density at radius 2 is 2.00 bits per heavy atom. The third-order valence-corrected chi connectivity index (χ3v) is 2.44. The third kappa shape index (κ3) is 2.45. The van der Waals surface area contributed by atoms with Crippen LogP contribution in [0.1, 0.15) is 18.1 Å². The van der Waals surface area contributed by atoms with Crippen LogP contribution in [0, 0.1) is 0 Å². The van der Waals surface area contributed by atoms with Gasteiger partial charge in [0.1, 0.15) is 0 Å². The number of hydrogen-bond donors (Lipinski definition) is 1. The number of hydrogen-bond acceptors (Lipinski definition) is 3. The highest BCUT2D eigenvalue weighted by molar-refractivity contribution is 5.71. The Hall–Kier alpha value is -1.71. The summed E-state index contributed by atoms with van der Waals surface area (Å²) in [5.74, 6) is 0.416. The summed E-state index contributed by atoms with van der Waals surface area (Å²) >= 11 is 0. The SMILES string of the molecule is CCc1c(CC(=O)O)ccc(OC)c1OC. The molecule has 0 fully saturated rings. The monoisotopic (exact) mass is 224 g/mol. The second-order valence-electron chi connectivity index (χ2n) is 3.36. The molecule has 1 rings (SSSR count). The van der Waals surface area contributed by atoms with Crippen LogP contribution in [0.2, 0.25) is 0 Å². The van der Waals surface area contributed by atoms with E-state index in [9.17, 15) is 4.79 Å². The summed E-state index contributed by atoms with van der Waals surface area (Å²) in [7, 11) is 3.12. The van der Waals surface area contributed by atoms with Crippen LogP contribution in [0.5, 0.6) is 11.5 Å². The van der Waals surface area contributed by atoms with Crippen molar-refractivity contribution in [2.75, 3.05) is 14.2 Å². The van der Waals surface area contributed by atoms with Gasteiger partial charge in [0.15, 0.2) is 11.5 Å². The van der Waals surface area contributed by atoms with E-state index in [2.05, 4.69) is 0 Å². The summed E-state index contributed by atoms with van der Waals surface area (Å²) in [6, 6.07) is 3.50. The molecule has 0 heterocycles. The van der Waals surface area contributed by atoms with Gasteiger partial charge in [0.05, 0.1) is 20.6 Å². The van der Waals surface area contributed by atoms with Gasteiger partial charge in [-0.2, -0.15) is 0 Å². The molecule has 16 heavy (non-hydrogen) atoms. The molecule has 4 nitrogen and oxygen atoms in total. The fourth-order valence-electron chi connectivity index (χ4n) is 1.75. The van der Waals surface area contributed by atoms with Crippen LogP contribution in [0.15, 0.2) is 12.1 Å². The van der Waals surface area contributed by atoms with Gasteiger partial charge in [-0.15, -0.1) is 0 Å². The second kappa shape index (κ2) is 5.39. The summed E-state index contributed by atoms with van der Waals surface area (Å²) in [4.78, 5) is 10.7. The molecule has 0 radical (unpaired) electrons. The largest absolute Gasteiger partial charge is 0.493 e. The van der Waals surface area contributed by atoms with Gasteiger partial charge in [0.2, 0.25) is 0 Å². The number of carbonyl (C=O) groups is 1.